The molecule has 2 aromatic rings. The lowest BCUT2D eigenvalue weighted by molar-refractivity contribution is 0.0240. The minimum absolute atomic E-state index is 0.398. The van der Waals surface area contributed by atoms with Gasteiger partial charge in [0, 0.05) is 26.3 Å². The molecule has 0 unspecified atom stereocenters. The largest absolute Gasteiger partial charge is 0.381 e. The van der Waals surface area contributed by atoms with Crippen LogP contribution in [0.1, 0.15) is 25.3 Å². The second-order valence-corrected chi connectivity index (χ2v) is 6.21. The summed E-state index contributed by atoms with van der Waals surface area (Å²) in [6.07, 6.45) is 2.33. The molecule has 20 heavy (non-hydrogen) atoms. The van der Waals surface area contributed by atoms with Crippen LogP contribution in [-0.2, 0) is 11.3 Å². The van der Waals surface area contributed by atoms with Crippen molar-refractivity contribution in [3.63, 3.8) is 0 Å². The van der Waals surface area contributed by atoms with Crippen LogP contribution in [0, 0.1) is 5.41 Å². The van der Waals surface area contributed by atoms with E-state index in [0.29, 0.717) is 5.41 Å². The van der Waals surface area contributed by atoms with Crippen molar-refractivity contribution in [1.82, 2.24) is 5.32 Å². The Hall–Kier alpha value is -1.38. The van der Waals surface area contributed by atoms with E-state index in [2.05, 4.69) is 54.7 Å². The molecule has 2 nitrogen and oxygen atoms in total. The maximum absolute atomic E-state index is 5.45. The molecule has 0 saturated carbocycles. The Bertz CT molecular complexity index is 572. The van der Waals surface area contributed by atoms with Crippen LogP contribution < -0.4 is 5.32 Å². The minimum Gasteiger partial charge on any atom is -0.381 e. The van der Waals surface area contributed by atoms with Crippen molar-refractivity contribution in [3.05, 3.63) is 48.0 Å². The van der Waals surface area contributed by atoms with Gasteiger partial charge in [-0.2, -0.15) is 0 Å². The van der Waals surface area contributed by atoms with E-state index in [1.807, 2.05) is 0 Å². The smallest absolute Gasteiger partial charge is 0.0471 e. The van der Waals surface area contributed by atoms with E-state index in [1.54, 1.807) is 0 Å². The van der Waals surface area contributed by atoms with Crippen molar-refractivity contribution in [3.8, 4) is 0 Å². The average Bonchev–Trinajstić information content (AvgIpc) is 2.48. The predicted molar refractivity (Wildman–Crippen MR) is 83.8 cm³/mol. The van der Waals surface area contributed by atoms with Crippen molar-refractivity contribution in [2.75, 3.05) is 19.8 Å². The number of nitrogens with one attached hydrogen (secondary N) is 1. The van der Waals surface area contributed by atoms with Crippen LogP contribution in [0.3, 0.4) is 0 Å². The molecule has 0 bridgehead atoms. The highest BCUT2D eigenvalue weighted by atomic mass is 16.5. The van der Waals surface area contributed by atoms with E-state index < -0.39 is 0 Å². The molecular formula is C18H23NO. The molecule has 0 amide bonds. The van der Waals surface area contributed by atoms with E-state index in [1.165, 1.54) is 16.3 Å². The van der Waals surface area contributed by atoms with Gasteiger partial charge in [0.25, 0.3) is 0 Å². The number of fused-ring (bicyclic) bond motifs is 1. The summed E-state index contributed by atoms with van der Waals surface area (Å²) in [6.45, 7) is 6.20. The maximum Gasteiger partial charge on any atom is 0.0471 e. The molecule has 1 heterocycles. The van der Waals surface area contributed by atoms with Gasteiger partial charge in [0.05, 0.1) is 0 Å². The molecule has 0 aromatic heterocycles. The van der Waals surface area contributed by atoms with Gasteiger partial charge in [-0.3, -0.25) is 0 Å². The number of hydrogen-bond donors (Lipinski definition) is 1. The van der Waals surface area contributed by atoms with Gasteiger partial charge < -0.3 is 10.1 Å². The molecule has 1 aliphatic rings. The molecule has 0 radical (unpaired) electrons. The Morgan fingerprint density at radius 1 is 1.05 bits per heavy atom. The molecule has 1 aliphatic heterocycles. The standard InChI is InChI=1S/C18H23NO/c1-18(8-10-20-11-9-18)14-19-13-15-6-7-16-4-2-3-5-17(16)12-15/h2-7,12,19H,8-11,13-14H2,1H3. The summed E-state index contributed by atoms with van der Waals surface area (Å²) in [5.74, 6) is 0. The zero-order valence-corrected chi connectivity index (χ0v) is 12.2. The molecule has 2 aromatic carbocycles. The Labute approximate surface area is 121 Å². The van der Waals surface area contributed by atoms with E-state index >= 15 is 0 Å². The second-order valence-electron chi connectivity index (χ2n) is 6.21. The van der Waals surface area contributed by atoms with Crippen LogP contribution in [0.25, 0.3) is 10.8 Å². The zero-order valence-electron chi connectivity index (χ0n) is 12.2. The summed E-state index contributed by atoms with van der Waals surface area (Å²) in [5, 5.41) is 6.26. The van der Waals surface area contributed by atoms with Gasteiger partial charge in [0.15, 0.2) is 0 Å². The topological polar surface area (TPSA) is 21.3 Å². The first-order valence-corrected chi connectivity index (χ1v) is 7.51. The summed E-state index contributed by atoms with van der Waals surface area (Å²) in [4.78, 5) is 0. The molecule has 1 saturated heterocycles. The molecule has 1 fully saturated rings. The van der Waals surface area contributed by atoms with E-state index in [9.17, 15) is 0 Å². The average molecular weight is 269 g/mol. The summed E-state index contributed by atoms with van der Waals surface area (Å²) < 4.78 is 5.45. The van der Waals surface area contributed by atoms with Crippen molar-refractivity contribution >= 4 is 10.8 Å². The number of hydrogen-bond acceptors (Lipinski definition) is 2. The molecule has 0 spiro atoms. The minimum atomic E-state index is 0.398. The molecule has 0 aliphatic carbocycles. The third kappa shape index (κ3) is 3.20. The van der Waals surface area contributed by atoms with Crippen LogP contribution in [0.15, 0.2) is 42.5 Å². The quantitative estimate of drug-likeness (QED) is 0.913. The van der Waals surface area contributed by atoms with E-state index in [4.69, 9.17) is 4.74 Å². The summed E-state index contributed by atoms with van der Waals surface area (Å²) in [5.41, 5.74) is 1.76. The number of benzene rings is 2. The fourth-order valence-corrected chi connectivity index (χ4v) is 2.90. The van der Waals surface area contributed by atoms with Crippen LogP contribution in [0.4, 0.5) is 0 Å². The highest BCUT2D eigenvalue weighted by Gasteiger charge is 2.26. The first kappa shape index (κ1) is 13.6. The predicted octanol–water partition coefficient (Wildman–Crippen LogP) is 3.75. The van der Waals surface area contributed by atoms with Crippen molar-refractivity contribution in [2.45, 2.75) is 26.3 Å². The van der Waals surface area contributed by atoms with Crippen molar-refractivity contribution < 1.29 is 4.74 Å². The molecule has 106 valence electrons. The molecule has 1 N–H and O–H groups in total. The van der Waals surface area contributed by atoms with Gasteiger partial charge in [-0.15, -0.1) is 0 Å². The lowest BCUT2D eigenvalue weighted by Crippen LogP contribution is -2.36. The normalized spacial score (nSPS) is 18.2. The molecular weight excluding hydrogens is 246 g/mol. The van der Waals surface area contributed by atoms with Gasteiger partial charge >= 0.3 is 0 Å². The van der Waals surface area contributed by atoms with E-state index in [0.717, 1.165) is 39.1 Å². The number of ether oxygens (including phenoxy) is 1. The summed E-state index contributed by atoms with van der Waals surface area (Å²) >= 11 is 0. The Morgan fingerprint density at radius 2 is 1.80 bits per heavy atom. The molecule has 2 heteroatoms. The second kappa shape index (κ2) is 5.94. The lowest BCUT2D eigenvalue weighted by atomic mass is 9.82. The lowest BCUT2D eigenvalue weighted by Gasteiger charge is -2.33. The van der Waals surface area contributed by atoms with Crippen LogP contribution >= 0.6 is 0 Å². The SMILES string of the molecule is CC1(CNCc2ccc3ccccc3c2)CCOCC1. The maximum atomic E-state index is 5.45. The molecule has 0 atom stereocenters. The first-order valence-electron chi connectivity index (χ1n) is 7.51. The van der Waals surface area contributed by atoms with Crippen LogP contribution in [0.2, 0.25) is 0 Å². The van der Waals surface area contributed by atoms with Crippen molar-refractivity contribution in [1.29, 1.82) is 0 Å². The fourth-order valence-electron chi connectivity index (χ4n) is 2.90. The van der Waals surface area contributed by atoms with Gasteiger partial charge in [0.2, 0.25) is 0 Å². The van der Waals surface area contributed by atoms with Gasteiger partial charge in [-0.05, 0) is 40.7 Å². The Kier molecular flexibility index (Phi) is 4.04. The summed E-state index contributed by atoms with van der Waals surface area (Å²) in [6, 6.07) is 15.3. The fraction of sp³-hybridized carbons (Fsp3) is 0.444. The monoisotopic (exact) mass is 269 g/mol. The highest BCUT2D eigenvalue weighted by molar-refractivity contribution is 5.82. The Balaban J connectivity index is 1.59. The van der Waals surface area contributed by atoms with Crippen molar-refractivity contribution in [2.24, 2.45) is 5.41 Å². The van der Waals surface area contributed by atoms with Crippen LogP contribution in [-0.4, -0.2) is 19.8 Å². The van der Waals surface area contributed by atoms with E-state index in [-0.39, 0.29) is 0 Å². The third-order valence-electron chi connectivity index (χ3n) is 4.39. The zero-order chi connectivity index (χ0) is 13.8. The number of rotatable bonds is 4. The highest BCUT2D eigenvalue weighted by Crippen LogP contribution is 2.28. The third-order valence-corrected chi connectivity index (χ3v) is 4.39. The van der Waals surface area contributed by atoms with Gasteiger partial charge in [-0.1, -0.05) is 43.3 Å². The molecule has 3 rings (SSSR count). The Morgan fingerprint density at radius 3 is 2.60 bits per heavy atom. The summed E-state index contributed by atoms with van der Waals surface area (Å²) in [7, 11) is 0. The first-order chi connectivity index (χ1) is 9.75. The van der Waals surface area contributed by atoms with Gasteiger partial charge in [-0.25, -0.2) is 0 Å². The van der Waals surface area contributed by atoms with Crippen LogP contribution in [0.5, 0.6) is 0 Å². The van der Waals surface area contributed by atoms with Gasteiger partial charge in [0.1, 0.15) is 0 Å².